The fourth-order valence-corrected chi connectivity index (χ4v) is 3.66. The number of hydrogen-bond donors (Lipinski definition) is 0. The molecule has 28 heavy (non-hydrogen) atoms. The van der Waals surface area contributed by atoms with Gasteiger partial charge in [0, 0.05) is 36.3 Å². The second kappa shape index (κ2) is 8.99. The highest BCUT2D eigenvalue weighted by atomic mass is 35.5. The topological polar surface area (TPSA) is 82.5 Å². The molecule has 0 aliphatic carbocycles. The van der Waals surface area contributed by atoms with Gasteiger partial charge in [0.25, 0.3) is 0 Å². The molecular formula is C19H17ClN6OS. The Kier molecular flexibility index (Phi) is 5.98. The first kappa shape index (κ1) is 18.6. The van der Waals surface area contributed by atoms with E-state index in [0.717, 1.165) is 29.4 Å². The van der Waals surface area contributed by atoms with Gasteiger partial charge < -0.3 is 9.09 Å². The average Bonchev–Trinajstić information content (AvgIpc) is 3.34. The second-order valence-corrected chi connectivity index (χ2v) is 7.46. The van der Waals surface area contributed by atoms with Crippen molar-refractivity contribution < 1.29 is 4.52 Å². The largest absolute Gasteiger partial charge is 0.338 e. The fourth-order valence-electron chi connectivity index (χ4n) is 2.67. The van der Waals surface area contributed by atoms with Gasteiger partial charge in [-0.25, -0.2) is 0 Å². The maximum absolute atomic E-state index is 6.02. The van der Waals surface area contributed by atoms with E-state index in [-0.39, 0.29) is 0 Å². The lowest BCUT2D eigenvalue weighted by Crippen LogP contribution is -2.03. The molecule has 0 saturated heterocycles. The number of aromatic nitrogens is 6. The Labute approximate surface area is 171 Å². The highest BCUT2D eigenvalue weighted by molar-refractivity contribution is 7.98. The van der Waals surface area contributed by atoms with Crippen molar-refractivity contribution in [3.05, 3.63) is 83.0 Å². The van der Waals surface area contributed by atoms with Crippen LogP contribution < -0.4 is 0 Å². The van der Waals surface area contributed by atoms with E-state index in [1.165, 1.54) is 11.8 Å². The lowest BCUT2D eigenvalue weighted by atomic mass is 10.1. The van der Waals surface area contributed by atoms with Crippen LogP contribution in [0.25, 0.3) is 0 Å². The molecule has 0 fully saturated rings. The van der Waals surface area contributed by atoms with Gasteiger partial charge in [0.15, 0.2) is 11.0 Å². The first-order chi connectivity index (χ1) is 13.8. The van der Waals surface area contributed by atoms with Crippen LogP contribution in [0.15, 0.2) is 64.7 Å². The summed E-state index contributed by atoms with van der Waals surface area (Å²) in [6.45, 7) is 0.760. The molecule has 4 aromatic rings. The summed E-state index contributed by atoms with van der Waals surface area (Å²) in [4.78, 5) is 8.79. The third-order valence-corrected chi connectivity index (χ3v) is 5.20. The molecule has 3 heterocycles. The molecule has 9 heteroatoms. The van der Waals surface area contributed by atoms with E-state index < -0.39 is 0 Å². The lowest BCUT2D eigenvalue weighted by Gasteiger charge is -2.04. The van der Waals surface area contributed by atoms with E-state index in [4.69, 9.17) is 16.1 Å². The molecule has 7 nitrogen and oxygen atoms in total. The SMILES string of the molecule is Clc1cccc(Cc2noc(CSc3nncn3CCc3ccccn3)n2)c1. The summed E-state index contributed by atoms with van der Waals surface area (Å²) >= 11 is 7.53. The number of aryl methyl sites for hydroxylation is 2. The Hall–Kier alpha value is -2.71. The number of thioether (sulfide) groups is 1. The molecule has 0 N–H and O–H groups in total. The van der Waals surface area contributed by atoms with Crippen molar-refractivity contribution in [1.82, 2.24) is 29.9 Å². The van der Waals surface area contributed by atoms with Gasteiger partial charge >= 0.3 is 0 Å². The molecule has 1 aromatic carbocycles. The number of benzene rings is 1. The van der Waals surface area contributed by atoms with Crippen LogP contribution in [0.1, 0.15) is 23.0 Å². The van der Waals surface area contributed by atoms with Gasteiger partial charge in [-0.3, -0.25) is 4.98 Å². The number of rotatable bonds is 8. The third kappa shape index (κ3) is 4.96. The van der Waals surface area contributed by atoms with Crippen LogP contribution in [0.2, 0.25) is 5.02 Å². The van der Waals surface area contributed by atoms with E-state index in [0.29, 0.717) is 28.9 Å². The van der Waals surface area contributed by atoms with Gasteiger partial charge in [0.1, 0.15) is 6.33 Å². The maximum atomic E-state index is 6.02. The van der Waals surface area contributed by atoms with Crippen molar-refractivity contribution in [1.29, 1.82) is 0 Å². The molecule has 0 amide bonds. The molecule has 0 atom stereocenters. The third-order valence-electron chi connectivity index (χ3n) is 4.00. The Morgan fingerprint density at radius 1 is 1.14 bits per heavy atom. The van der Waals surface area contributed by atoms with Crippen LogP contribution in [0.4, 0.5) is 0 Å². The van der Waals surface area contributed by atoms with Crippen LogP contribution in [0.5, 0.6) is 0 Å². The molecule has 0 radical (unpaired) electrons. The van der Waals surface area contributed by atoms with Crippen LogP contribution in [-0.2, 0) is 25.1 Å². The van der Waals surface area contributed by atoms with Crippen LogP contribution in [0, 0.1) is 0 Å². The quantitative estimate of drug-likeness (QED) is 0.406. The first-order valence-electron chi connectivity index (χ1n) is 8.73. The van der Waals surface area contributed by atoms with Gasteiger partial charge in [-0.05, 0) is 29.8 Å². The van der Waals surface area contributed by atoms with Gasteiger partial charge in [-0.2, -0.15) is 4.98 Å². The van der Waals surface area contributed by atoms with Gasteiger partial charge in [0.2, 0.25) is 5.89 Å². The van der Waals surface area contributed by atoms with Crippen molar-refractivity contribution in [2.75, 3.05) is 0 Å². The molecule has 0 saturated carbocycles. The number of halogens is 1. The van der Waals surface area contributed by atoms with Crippen molar-refractivity contribution in [2.45, 2.75) is 30.3 Å². The monoisotopic (exact) mass is 412 g/mol. The van der Waals surface area contributed by atoms with Gasteiger partial charge in [-0.1, -0.05) is 46.7 Å². The minimum Gasteiger partial charge on any atom is -0.338 e. The summed E-state index contributed by atoms with van der Waals surface area (Å²) in [6.07, 6.45) is 4.92. The van der Waals surface area contributed by atoms with E-state index >= 15 is 0 Å². The molecule has 0 unspecified atom stereocenters. The molecular weight excluding hydrogens is 396 g/mol. The predicted molar refractivity (Wildman–Crippen MR) is 106 cm³/mol. The van der Waals surface area contributed by atoms with Crippen molar-refractivity contribution >= 4 is 23.4 Å². The minimum absolute atomic E-state index is 0.533. The maximum Gasteiger partial charge on any atom is 0.237 e. The second-order valence-electron chi connectivity index (χ2n) is 6.08. The summed E-state index contributed by atoms with van der Waals surface area (Å²) in [5.41, 5.74) is 2.08. The summed E-state index contributed by atoms with van der Waals surface area (Å²) in [6, 6.07) is 13.5. The van der Waals surface area contributed by atoms with Crippen LogP contribution in [0.3, 0.4) is 0 Å². The minimum atomic E-state index is 0.533. The highest BCUT2D eigenvalue weighted by Gasteiger charge is 2.11. The zero-order valence-corrected chi connectivity index (χ0v) is 16.5. The van der Waals surface area contributed by atoms with E-state index in [1.54, 1.807) is 12.5 Å². The van der Waals surface area contributed by atoms with Gasteiger partial charge in [0.05, 0.1) is 5.75 Å². The fraction of sp³-hybridized carbons (Fsp3) is 0.211. The normalized spacial score (nSPS) is 11.0. The van der Waals surface area contributed by atoms with Crippen molar-refractivity contribution in [3.8, 4) is 0 Å². The summed E-state index contributed by atoms with van der Waals surface area (Å²) in [5, 5.41) is 13.7. The molecule has 3 aromatic heterocycles. The Balaban J connectivity index is 1.33. The summed E-state index contributed by atoms with van der Waals surface area (Å²) in [7, 11) is 0. The average molecular weight is 413 g/mol. The molecule has 142 valence electrons. The Morgan fingerprint density at radius 2 is 2.11 bits per heavy atom. The number of hydrogen-bond acceptors (Lipinski definition) is 7. The van der Waals surface area contributed by atoms with E-state index in [2.05, 4.69) is 25.3 Å². The lowest BCUT2D eigenvalue weighted by molar-refractivity contribution is 0.385. The van der Waals surface area contributed by atoms with Crippen molar-refractivity contribution in [3.63, 3.8) is 0 Å². The smallest absolute Gasteiger partial charge is 0.237 e. The van der Waals surface area contributed by atoms with Gasteiger partial charge in [-0.15, -0.1) is 10.2 Å². The van der Waals surface area contributed by atoms with Crippen molar-refractivity contribution in [2.24, 2.45) is 0 Å². The van der Waals surface area contributed by atoms with Crippen LogP contribution in [-0.4, -0.2) is 29.9 Å². The predicted octanol–water partition coefficient (Wildman–Crippen LogP) is 3.84. The standard InChI is InChI=1S/C19H17ClN6OS/c20-15-5-3-4-14(10-15)11-17-23-18(27-25-17)12-28-19-24-22-13-26(19)9-7-16-6-1-2-8-21-16/h1-6,8,10,13H,7,9,11-12H2. The number of pyridine rings is 1. The molecule has 0 bridgehead atoms. The Bertz CT molecular complexity index is 1040. The zero-order chi connectivity index (χ0) is 19.2. The molecule has 0 aliphatic heterocycles. The van der Waals surface area contributed by atoms with E-state index in [1.807, 2.05) is 47.0 Å². The first-order valence-corrected chi connectivity index (χ1v) is 10.1. The molecule has 0 spiro atoms. The van der Waals surface area contributed by atoms with Crippen LogP contribution >= 0.6 is 23.4 Å². The molecule has 4 rings (SSSR count). The highest BCUT2D eigenvalue weighted by Crippen LogP contribution is 2.21. The Morgan fingerprint density at radius 3 is 2.96 bits per heavy atom. The summed E-state index contributed by atoms with van der Waals surface area (Å²) < 4.78 is 7.35. The van der Waals surface area contributed by atoms with E-state index in [9.17, 15) is 0 Å². The molecule has 0 aliphatic rings. The number of nitrogens with zero attached hydrogens (tertiary/aromatic N) is 6. The summed E-state index contributed by atoms with van der Waals surface area (Å²) in [5.74, 6) is 1.72. The zero-order valence-electron chi connectivity index (χ0n) is 14.9.